The molecule has 1 aromatic carbocycles. The topological polar surface area (TPSA) is 129 Å². The fourth-order valence-corrected chi connectivity index (χ4v) is 3.87. The van der Waals surface area contributed by atoms with Gasteiger partial charge in [-0.1, -0.05) is 20.8 Å². The summed E-state index contributed by atoms with van der Waals surface area (Å²) in [5.74, 6) is -2.83. The number of hydrogen-bond donors (Lipinski definition) is 3. The molecule has 3 N–H and O–H groups in total. The molecular weight excluding hydrogens is 312 g/mol. The standard InChI is InChI=1S/C14H18O7S/c1-4-7-10(13(15)16)8(5-2)12(22(19,20)21)9(6-3)11(7)14(17)18/h4-6H2,1-3H3,(H,15,16)(H,17,18)(H,19,20,21). The Morgan fingerprint density at radius 1 is 0.818 bits per heavy atom. The molecule has 8 heteroatoms. The van der Waals surface area contributed by atoms with Crippen LogP contribution in [0.15, 0.2) is 4.90 Å². The van der Waals surface area contributed by atoms with Gasteiger partial charge >= 0.3 is 11.9 Å². The number of aromatic carboxylic acids is 2. The molecular formula is C14H18O7S. The third-order valence-electron chi connectivity index (χ3n) is 3.50. The molecule has 0 unspecified atom stereocenters. The highest BCUT2D eigenvalue weighted by Gasteiger charge is 2.32. The van der Waals surface area contributed by atoms with Crippen molar-refractivity contribution in [2.24, 2.45) is 0 Å². The maximum atomic E-state index is 11.7. The molecule has 0 saturated heterocycles. The van der Waals surface area contributed by atoms with Gasteiger partial charge in [0, 0.05) is 0 Å². The minimum absolute atomic E-state index is 0.0383. The second-order valence-electron chi connectivity index (χ2n) is 4.66. The minimum atomic E-state index is -4.75. The average molecular weight is 330 g/mol. The lowest BCUT2D eigenvalue weighted by atomic mass is 9.88. The van der Waals surface area contributed by atoms with Gasteiger partial charge in [-0.25, -0.2) is 9.59 Å². The van der Waals surface area contributed by atoms with E-state index in [1.165, 1.54) is 0 Å². The van der Waals surface area contributed by atoms with Crippen molar-refractivity contribution in [1.82, 2.24) is 0 Å². The average Bonchev–Trinajstić information content (AvgIpc) is 2.41. The van der Waals surface area contributed by atoms with Crippen LogP contribution < -0.4 is 0 Å². The van der Waals surface area contributed by atoms with Crippen molar-refractivity contribution >= 4 is 22.1 Å². The van der Waals surface area contributed by atoms with Gasteiger partial charge in [0.2, 0.25) is 0 Å². The Balaban J connectivity index is 4.26. The number of carbonyl (C=O) groups is 2. The normalized spacial score (nSPS) is 11.5. The van der Waals surface area contributed by atoms with Gasteiger partial charge < -0.3 is 10.2 Å². The monoisotopic (exact) mass is 330 g/mol. The summed E-state index contributed by atoms with van der Waals surface area (Å²) in [7, 11) is -4.75. The zero-order chi connectivity index (χ0) is 17.2. The van der Waals surface area contributed by atoms with Gasteiger partial charge in [0.25, 0.3) is 10.1 Å². The first-order chi connectivity index (χ1) is 10.1. The lowest BCUT2D eigenvalue weighted by Gasteiger charge is -2.20. The first kappa shape index (κ1) is 18.1. The maximum Gasteiger partial charge on any atom is 0.336 e. The summed E-state index contributed by atoms with van der Waals surface area (Å²) in [6, 6.07) is 0. The zero-order valence-corrected chi connectivity index (χ0v) is 13.3. The smallest absolute Gasteiger partial charge is 0.336 e. The van der Waals surface area contributed by atoms with E-state index in [2.05, 4.69) is 0 Å². The number of carboxylic acid groups (broad SMARTS) is 2. The first-order valence-corrected chi connectivity index (χ1v) is 8.20. The number of benzene rings is 1. The summed E-state index contributed by atoms with van der Waals surface area (Å²) in [5, 5.41) is 18.8. The molecule has 0 amide bonds. The molecule has 122 valence electrons. The van der Waals surface area contributed by atoms with Crippen LogP contribution in [0.1, 0.15) is 58.2 Å². The van der Waals surface area contributed by atoms with E-state index in [1.54, 1.807) is 20.8 Å². The van der Waals surface area contributed by atoms with Crippen LogP contribution in [-0.2, 0) is 29.4 Å². The summed E-state index contributed by atoms with van der Waals surface area (Å²) in [6.07, 6.45) is 0.197. The summed E-state index contributed by atoms with van der Waals surface area (Å²) in [6.45, 7) is 4.70. The third-order valence-corrected chi connectivity index (χ3v) is 4.51. The summed E-state index contributed by atoms with van der Waals surface area (Å²) in [4.78, 5) is 22.5. The van der Waals surface area contributed by atoms with Crippen molar-refractivity contribution in [2.75, 3.05) is 0 Å². The summed E-state index contributed by atoms with van der Waals surface area (Å²) in [5.41, 5.74) is -0.761. The second-order valence-corrected chi connectivity index (χ2v) is 6.02. The van der Waals surface area contributed by atoms with Gasteiger partial charge in [-0.15, -0.1) is 0 Å². The largest absolute Gasteiger partial charge is 0.478 e. The quantitative estimate of drug-likeness (QED) is 0.680. The van der Waals surface area contributed by atoms with Gasteiger partial charge in [-0.2, -0.15) is 8.42 Å². The molecule has 0 radical (unpaired) electrons. The molecule has 0 aliphatic carbocycles. The Hall–Kier alpha value is -1.93. The molecule has 0 aromatic heterocycles. The molecule has 0 saturated carbocycles. The first-order valence-electron chi connectivity index (χ1n) is 6.76. The van der Waals surface area contributed by atoms with Crippen LogP contribution in [0.4, 0.5) is 0 Å². The zero-order valence-electron chi connectivity index (χ0n) is 12.5. The van der Waals surface area contributed by atoms with Crippen molar-refractivity contribution < 1.29 is 32.8 Å². The van der Waals surface area contributed by atoms with E-state index in [0.717, 1.165) is 0 Å². The van der Waals surface area contributed by atoms with Crippen molar-refractivity contribution in [3.05, 3.63) is 27.8 Å². The Morgan fingerprint density at radius 2 is 1.14 bits per heavy atom. The Morgan fingerprint density at radius 3 is 1.32 bits per heavy atom. The molecule has 1 aromatic rings. The fraction of sp³-hybridized carbons (Fsp3) is 0.429. The molecule has 0 atom stereocenters. The van der Waals surface area contributed by atoms with Crippen molar-refractivity contribution in [3.8, 4) is 0 Å². The highest BCUT2D eigenvalue weighted by Crippen LogP contribution is 2.33. The Kier molecular flexibility index (Phi) is 5.31. The van der Waals surface area contributed by atoms with Gasteiger partial charge in [0.05, 0.1) is 11.1 Å². The van der Waals surface area contributed by atoms with Crippen LogP contribution in [0, 0.1) is 0 Å². The van der Waals surface area contributed by atoms with Gasteiger partial charge in [-0.3, -0.25) is 4.55 Å². The van der Waals surface area contributed by atoms with E-state index in [0.29, 0.717) is 0 Å². The molecule has 0 bridgehead atoms. The molecule has 0 spiro atoms. The van der Waals surface area contributed by atoms with Crippen LogP contribution in [0.25, 0.3) is 0 Å². The van der Waals surface area contributed by atoms with Crippen LogP contribution in [0.2, 0.25) is 0 Å². The molecule has 0 fully saturated rings. The predicted octanol–water partition coefficient (Wildman–Crippen LogP) is 2.02. The molecule has 7 nitrogen and oxygen atoms in total. The maximum absolute atomic E-state index is 11.7. The molecule has 22 heavy (non-hydrogen) atoms. The summed E-state index contributed by atoms with van der Waals surface area (Å²) >= 11 is 0. The van der Waals surface area contributed by atoms with E-state index in [-0.39, 0.29) is 47.1 Å². The SMILES string of the molecule is CCc1c(C(=O)O)c(CC)c(S(=O)(=O)O)c(CC)c1C(=O)O. The van der Waals surface area contributed by atoms with E-state index >= 15 is 0 Å². The van der Waals surface area contributed by atoms with Crippen molar-refractivity contribution in [2.45, 2.75) is 44.9 Å². The van der Waals surface area contributed by atoms with E-state index in [9.17, 15) is 32.8 Å². The van der Waals surface area contributed by atoms with Gasteiger partial charge in [-0.05, 0) is 36.0 Å². The molecule has 1 rings (SSSR count). The van der Waals surface area contributed by atoms with Crippen molar-refractivity contribution in [1.29, 1.82) is 0 Å². The molecule has 0 aliphatic rings. The lowest BCUT2D eigenvalue weighted by Crippen LogP contribution is -2.21. The van der Waals surface area contributed by atoms with E-state index in [1.807, 2.05) is 0 Å². The second kappa shape index (κ2) is 6.45. The molecule has 0 heterocycles. The Bertz CT molecular complexity index is 689. The van der Waals surface area contributed by atoms with Crippen LogP contribution in [0.3, 0.4) is 0 Å². The highest BCUT2D eigenvalue weighted by atomic mass is 32.2. The predicted molar refractivity (Wildman–Crippen MR) is 78.3 cm³/mol. The Labute approximate surface area is 128 Å². The third kappa shape index (κ3) is 2.97. The number of rotatable bonds is 6. The minimum Gasteiger partial charge on any atom is -0.478 e. The van der Waals surface area contributed by atoms with Gasteiger partial charge in [0.1, 0.15) is 4.90 Å². The van der Waals surface area contributed by atoms with Crippen LogP contribution in [0.5, 0.6) is 0 Å². The van der Waals surface area contributed by atoms with E-state index < -0.39 is 27.0 Å². The number of hydrogen-bond acceptors (Lipinski definition) is 4. The number of carboxylic acids is 2. The highest BCUT2D eigenvalue weighted by molar-refractivity contribution is 7.86. The van der Waals surface area contributed by atoms with Crippen LogP contribution in [-0.4, -0.2) is 35.1 Å². The van der Waals surface area contributed by atoms with E-state index in [4.69, 9.17) is 0 Å². The lowest BCUT2D eigenvalue weighted by molar-refractivity contribution is 0.0693. The van der Waals surface area contributed by atoms with Crippen LogP contribution >= 0.6 is 0 Å². The summed E-state index contributed by atoms with van der Waals surface area (Å²) < 4.78 is 32.9. The molecule has 0 aliphatic heterocycles. The fourth-order valence-electron chi connectivity index (χ4n) is 2.75. The van der Waals surface area contributed by atoms with Crippen molar-refractivity contribution in [3.63, 3.8) is 0 Å². The van der Waals surface area contributed by atoms with Gasteiger partial charge in [0.15, 0.2) is 0 Å².